The van der Waals surface area contributed by atoms with Gasteiger partial charge in [0.05, 0.1) is 37.0 Å². The molecule has 0 spiro atoms. The van der Waals surface area contributed by atoms with Crippen LogP contribution in [0.15, 0.2) is 48.5 Å². The largest absolute Gasteiger partial charge is 0.378 e. The molecule has 3 heterocycles. The molecule has 0 atom stereocenters. The molecule has 5 rings (SSSR count). The normalized spacial score (nSPS) is 17.2. The van der Waals surface area contributed by atoms with Crippen LogP contribution in [-0.4, -0.2) is 52.6 Å². The van der Waals surface area contributed by atoms with Crippen molar-refractivity contribution in [3.8, 4) is 21.6 Å². The fourth-order valence-corrected chi connectivity index (χ4v) is 5.77. The van der Waals surface area contributed by atoms with Crippen LogP contribution in [0.3, 0.4) is 0 Å². The number of nitrogens with zero attached hydrogens (tertiary/aromatic N) is 2. The van der Waals surface area contributed by atoms with E-state index in [0.29, 0.717) is 0 Å². The van der Waals surface area contributed by atoms with Crippen molar-refractivity contribution in [2.24, 2.45) is 0 Å². The quantitative estimate of drug-likeness (QED) is 0.551. The van der Waals surface area contributed by atoms with Gasteiger partial charge in [0.1, 0.15) is 5.00 Å². The van der Waals surface area contributed by atoms with E-state index >= 15 is 0 Å². The molecule has 5 heteroatoms. The van der Waals surface area contributed by atoms with Gasteiger partial charge in [-0.3, -0.25) is 0 Å². The lowest BCUT2D eigenvalue weighted by molar-refractivity contribution is 0.122. The Labute approximate surface area is 189 Å². The van der Waals surface area contributed by atoms with Gasteiger partial charge in [0.2, 0.25) is 0 Å². The predicted molar refractivity (Wildman–Crippen MR) is 131 cm³/mol. The highest BCUT2D eigenvalue weighted by molar-refractivity contribution is 7.21. The molecule has 4 nitrogen and oxygen atoms in total. The number of thiophene rings is 1. The van der Waals surface area contributed by atoms with Crippen LogP contribution in [-0.2, 0) is 9.47 Å². The minimum absolute atomic E-state index is 0.781. The molecule has 3 aromatic rings. The molecule has 31 heavy (non-hydrogen) atoms. The van der Waals surface area contributed by atoms with Crippen molar-refractivity contribution in [1.82, 2.24) is 0 Å². The van der Waals surface area contributed by atoms with Crippen molar-refractivity contribution < 1.29 is 9.47 Å². The number of rotatable bonds is 4. The summed E-state index contributed by atoms with van der Waals surface area (Å²) in [5.41, 5.74) is 7.90. The maximum absolute atomic E-state index is 5.70. The number of morpholine rings is 2. The van der Waals surface area contributed by atoms with E-state index in [1.54, 1.807) is 0 Å². The molecule has 0 N–H and O–H groups in total. The molecule has 1 aromatic heterocycles. The van der Waals surface area contributed by atoms with Gasteiger partial charge in [-0.25, -0.2) is 0 Å². The summed E-state index contributed by atoms with van der Waals surface area (Å²) in [5.74, 6) is 0. The number of benzene rings is 2. The molecule has 2 aliphatic heterocycles. The number of ether oxygens (including phenoxy) is 2. The smallest absolute Gasteiger partial charge is 0.102 e. The lowest BCUT2D eigenvalue weighted by Gasteiger charge is -2.32. The van der Waals surface area contributed by atoms with Crippen LogP contribution in [0, 0.1) is 13.8 Å². The summed E-state index contributed by atoms with van der Waals surface area (Å²) in [6.45, 7) is 11.2. The van der Waals surface area contributed by atoms with Crippen molar-refractivity contribution in [2.75, 3.05) is 62.4 Å². The minimum atomic E-state index is 0.781. The number of hydrogen-bond donors (Lipinski definition) is 0. The van der Waals surface area contributed by atoms with E-state index in [-0.39, 0.29) is 0 Å². The standard InChI is InChI=1S/C26H30N2O2S/c1-19-3-7-21(8-4-19)23-24(27-11-15-29-16-12-27)25(22-9-5-20(2)6-10-22)31-26(23)28-13-17-30-18-14-28/h3-10H,11-18H2,1-2H3. The second-order valence-corrected chi connectivity index (χ2v) is 9.39. The van der Waals surface area contributed by atoms with Gasteiger partial charge in [0.25, 0.3) is 0 Å². The van der Waals surface area contributed by atoms with E-state index in [4.69, 9.17) is 9.47 Å². The lowest BCUT2D eigenvalue weighted by atomic mass is 10.0. The van der Waals surface area contributed by atoms with Crippen LogP contribution < -0.4 is 9.80 Å². The Kier molecular flexibility index (Phi) is 5.99. The van der Waals surface area contributed by atoms with Crippen LogP contribution in [0.1, 0.15) is 11.1 Å². The van der Waals surface area contributed by atoms with Gasteiger partial charge < -0.3 is 19.3 Å². The molecule has 0 saturated carbocycles. The van der Waals surface area contributed by atoms with Gasteiger partial charge >= 0.3 is 0 Å². The average Bonchev–Trinajstić information content (AvgIpc) is 3.22. The maximum atomic E-state index is 5.70. The first-order chi connectivity index (χ1) is 15.2. The van der Waals surface area contributed by atoms with Gasteiger partial charge in [0.15, 0.2) is 0 Å². The Bertz CT molecular complexity index is 1010. The molecule has 0 bridgehead atoms. The van der Waals surface area contributed by atoms with Crippen molar-refractivity contribution in [1.29, 1.82) is 0 Å². The van der Waals surface area contributed by atoms with Gasteiger partial charge in [-0.1, -0.05) is 59.7 Å². The first kappa shape index (κ1) is 20.6. The van der Waals surface area contributed by atoms with Gasteiger partial charge in [0, 0.05) is 31.7 Å². The Morgan fingerprint density at radius 1 is 0.645 bits per heavy atom. The van der Waals surface area contributed by atoms with Crippen molar-refractivity contribution in [3.05, 3.63) is 59.7 Å². The molecule has 0 aliphatic carbocycles. The molecular weight excluding hydrogens is 404 g/mol. The van der Waals surface area contributed by atoms with Crippen LogP contribution in [0.2, 0.25) is 0 Å². The molecule has 2 aliphatic rings. The summed E-state index contributed by atoms with van der Waals surface area (Å²) < 4.78 is 11.4. The van der Waals surface area contributed by atoms with E-state index in [1.807, 2.05) is 11.3 Å². The molecule has 162 valence electrons. The van der Waals surface area contributed by atoms with Crippen molar-refractivity contribution in [3.63, 3.8) is 0 Å². The van der Waals surface area contributed by atoms with E-state index < -0.39 is 0 Å². The van der Waals surface area contributed by atoms with E-state index in [1.165, 1.54) is 43.4 Å². The van der Waals surface area contributed by atoms with Crippen LogP contribution in [0.5, 0.6) is 0 Å². The molecule has 2 fully saturated rings. The second-order valence-electron chi connectivity index (χ2n) is 8.39. The Morgan fingerprint density at radius 3 is 1.68 bits per heavy atom. The van der Waals surface area contributed by atoms with Crippen LogP contribution in [0.4, 0.5) is 10.7 Å². The van der Waals surface area contributed by atoms with Crippen molar-refractivity contribution in [2.45, 2.75) is 13.8 Å². The fourth-order valence-electron chi connectivity index (χ4n) is 4.37. The first-order valence-corrected chi connectivity index (χ1v) is 12.0. The van der Waals surface area contributed by atoms with E-state index in [0.717, 1.165) is 52.6 Å². The van der Waals surface area contributed by atoms with Gasteiger partial charge in [-0.05, 0) is 25.0 Å². The topological polar surface area (TPSA) is 24.9 Å². The summed E-state index contributed by atoms with van der Waals surface area (Å²) in [4.78, 5) is 6.42. The summed E-state index contributed by atoms with van der Waals surface area (Å²) >= 11 is 1.93. The van der Waals surface area contributed by atoms with Crippen LogP contribution >= 0.6 is 11.3 Å². The average molecular weight is 435 g/mol. The zero-order valence-corrected chi connectivity index (χ0v) is 19.2. The third-order valence-electron chi connectivity index (χ3n) is 6.14. The predicted octanol–water partition coefficient (Wildman–Crippen LogP) is 5.37. The van der Waals surface area contributed by atoms with Gasteiger partial charge in [-0.15, -0.1) is 11.3 Å². The fraction of sp³-hybridized carbons (Fsp3) is 0.385. The molecule has 0 amide bonds. The Balaban J connectivity index is 1.73. The summed E-state index contributed by atoms with van der Waals surface area (Å²) in [6, 6.07) is 18.0. The number of hydrogen-bond acceptors (Lipinski definition) is 5. The summed E-state index contributed by atoms with van der Waals surface area (Å²) in [6.07, 6.45) is 0. The van der Waals surface area contributed by atoms with E-state index in [9.17, 15) is 0 Å². The second kappa shape index (κ2) is 9.03. The molecule has 2 aromatic carbocycles. The highest BCUT2D eigenvalue weighted by Gasteiger charge is 2.29. The monoisotopic (exact) mass is 434 g/mol. The van der Waals surface area contributed by atoms with E-state index in [2.05, 4.69) is 72.2 Å². The highest BCUT2D eigenvalue weighted by atomic mass is 32.1. The first-order valence-electron chi connectivity index (χ1n) is 11.2. The maximum Gasteiger partial charge on any atom is 0.102 e. The third-order valence-corrected chi connectivity index (χ3v) is 7.43. The highest BCUT2D eigenvalue weighted by Crippen LogP contribution is 2.52. The van der Waals surface area contributed by atoms with Crippen molar-refractivity contribution >= 4 is 22.0 Å². The number of aryl methyl sites for hydroxylation is 2. The molecular formula is C26H30N2O2S. The zero-order valence-electron chi connectivity index (χ0n) is 18.4. The van der Waals surface area contributed by atoms with Crippen LogP contribution in [0.25, 0.3) is 21.6 Å². The SMILES string of the molecule is Cc1ccc(-c2sc(N3CCOCC3)c(-c3ccc(C)cc3)c2N2CCOCC2)cc1. The lowest BCUT2D eigenvalue weighted by Crippen LogP contribution is -2.37. The summed E-state index contributed by atoms with van der Waals surface area (Å²) in [7, 11) is 0. The third kappa shape index (κ3) is 4.22. The minimum Gasteiger partial charge on any atom is -0.378 e. The molecule has 0 unspecified atom stereocenters. The Morgan fingerprint density at radius 2 is 1.13 bits per heavy atom. The molecule has 0 radical (unpaired) electrons. The Hall–Kier alpha value is -2.34. The summed E-state index contributed by atoms with van der Waals surface area (Å²) in [5, 5.41) is 1.37. The number of anilines is 2. The zero-order chi connectivity index (χ0) is 21.2. The molecule has 2 saturated heterocycles. The van der Waals surface area contributed by atoms with Gasteiger partial charge in [-0.2, -0.15) is 0 Å².